The number of allylic oxidation sites excluding steroid dienone is 1. The average molecular weight is 321 g/mol. The molecule has 0 unspecified atom stereocenters. The molecule has 120 valence electrons. The zero-order chi connectivity index (χ0) is 16.8. The summed E-state index contributed by atoms with van der Waals surface area (Å²) in [5.41, 5.74) is 2.21. The molecule has 6 nitrogen and oxygen atoms in total. The second-order valence-electron chi connectivity index (χ2n) is 5.09. The number of nitrogens with zero attached hydrogens (tertiary/aromatic N) is 3. The molecule has 3 rings (SSSR count). The van der Waals surface area contributed by atoms with Gasteiger partial charge < -0.3 is 4.57 Å². The molecule has 0 bridgehead atoms. The van der Waals surface area contributed by atoms with E-state index in [4.69, 9.17) is 4.84 Å². The zero-order valence-electron chi connectivity index (χ0n) is 12.8. The van der Waals surface area contributed by atoms with Gasteiger partial charge in [0.25, 0.3) is 5.09 Å². The van der Waals surface area contributed by atoms with Crippen LogP contribution in [0, 0.1) is 10.1 Å². The van der Waals surface area contributed by atoms with E-state index in [9.17, 15) is 10.1 Å². The molecule has 0 radical (unpaired) electrons. The summed E-state index contributed by atoms with van der Waals surface area (Å²) in [6, 6.07) is 18.5. The summed E-state index contributed by atoms with van der Waals surface area (Å²) < 4.78 is 1.84. The number of aromatic nitrogens is 2. The first-order valence-corrected chi connectivity index (χ1v) is 7.36. The Labute approximate surface area is 138 Å². The fourth-order valence-electron chi connectivity index (χ4n) is 2.44. The first-order valence-electron chi connectivity index (χ1n) is 7.36. The highest BCUT2D eigenvalue weighted by Crippen LogP contribution is 2.29. The summed E-state index contributed by atoms with van der Waals surface area (Å²) in [7, 11) is 0. The van der Waals surface area contributed by atoms with E-state index in [0.717, 1.165) is 5.56 Å². The van der Waals surface area contributed by atoms with Crippen molar-refractivity contribution in [2.24, 2.45) is 0 Å². The zero-order valence-corrected chi connectivity index (χ0v) is 12.8. The van der Waals surface area contributed by atoms with Gasteiger partial charge in [0.15, 0.2) is 0 Å². The van der Waals surface area contributed by atoms with E-state index in [1.165, 1.54) is 0 Å². The van der Waals surface area contributed by atoms with Crippen LogP contribution in [0.3, 0.4) is 0 Å². The summed E-state index contributed by atoms with van der Waals surface area (Å²) in [5.74, 6) is 0.223. The molecule has 24 heavy (non-hydrogen) atoms. The first kappa shape index (κ1) is 15.5. The van der Waals surface area contributed by atoms with Gasteiger partial charge in [0.2, 0.25) is 0 Å². The van der Waals surface area contributed by atoms with Crippen LogP contribution in [0.25, 0.3) is 11.3 Å². The van der Waals surface area contributed by atoms with Gasteiger partial charge in [-0.1, -0.05) is 60.7 Å². The van der Waals surface area contributed by atoms with Gasteiger partial charge in [0.05, 0.1) is 12.9 Å². The Morgan fingerprint density at radius 2 is 1.67 bits per heavy atom. The molecule has 3 aromatic rings. The SMILES string of the molecule is O=[N+]([O-])O/C(=C(\Cn1ccnc1)c1ccccc1)c1ccccc1. The minimum Gasteiger partial charge on any atom is -0.333 e. The standard InChI is InChI=1S/C18H15N3O3/c22-21(23)24-18(16-9-5-2-6-10-16)17(13-20-12-11-19-14-20)15-7-3-1-4-8-15/h1-12,14H,13H2/b18-17+. The van der Waals surface area contributed by atoms with E-state index in [0.29, 0.717) is 17.7 Å². The maximum atomic E-state index is 11.1. The third-order valence-electron chi connectivity index (χ3n) is 3.50. The Hall–Kier alpha value is -3.41. The summed E-state index contributed by atoms with van der Waals surface area (Å²) in [5, 5.41) is 10.3. The second-order valence-corrected chi connectivity index (χ2v) is 5.09. The lowest BCUT2D eigenvalue weighted by Crippen LogP contribution is -2.07. The predicted octanol–water partition coefficient (Wildman–Crippen LogP) is 3.66. The highest BCUT2D eigenvalue weighted by atomic mass is 17.0. The van der Waals surface area contributed by atoms with Crippen LogP contribution in [0.15, 0.2) is 79.4 Å². The van der Waals surface area contributed by atoms with Gasteiger partial charge in [0, 0.05) is 23.5 Å². The highest BCUT2D eigenvalue weighted by molar-refractivity contribution is 5.87. The normalized spacial score (nSPS) is 11.7. The number of hydrogen-bond donors (Lipinski definition) is 0. The minimum absolute atomic E-state index is 0.223. The third-order valence-corrected chi connectivity index (χ3v) is 3.50. The van der Waals surface area contributed by atoms with Crippen LogP contribution in [-0.2, 0) is 11.4 Å². The van der Waals surface area contributed by atoms with E-state index in [-0.39, 0.29) is 5.76 Å². The Kier molecular flexibility index (Phi) is 4.67. The molecule has 0 N–H and O–H groups in total. The van der Waals surface area contributed by atoms with Gasteiger partial charge in [0.1, 0.15) is 5.76 Å². The molecular formula is C18H15N3O3. The van der Waals surface area contributed by atoms with E-state index in [1.54, 1.807) is 30.9 Å². The van der Waals surface area contributed by atoms with Crippen molar-refractivity contribution in [2.45, 2.75) is 6.54 Å². The third kappa shape index (κ3) is 3.67. The van der Waals surface area contributed by atoms with Gasteiger partial charge >= 0.3 is 0 Å². The van der Waals surface area contributed by atoms with E-state index >= 15 is 0 Å². The molecule has 0 saturated carbocycles. The molecule has 0 aliphatic carbocycles. The van der Waals surface area contributed by atoms with E-state index in [1.807, 2.05) is 53.1 Å². The summed E-state index contributed by atoms with van der Waals surface area (Å²) >= 11 is 0. The largest absolute Gasteiger partial charge is 0.333 e. The van der Waals surface area contributed by atoms with Gasteiger partial charge in [-0.05, 0) is 5.56 Å². The quantitative estimate of drug-likeness (QED) is 0.301. The number of imidazole rings is 1. The topological polar surface area (TPSA) is 70.2 Å². The van der Waals surface area contributed by atoms with Gasteiger partial charge in [-0.2, -0.15) is 0 Å². The lowest BCUT2D eigenvalue weighted by atomic mass is 10.0. The first-order chi connectivity index (χ1) is 11.7. The lowest BCUT2D eigenvalue weighted by molar-refractivity contribution is -0.730. The molecule has 0 spiro atoms. The van der Waals surface area contributed by atoms with Crippen LogP contribution in [0.5, 0.6) is 0 Å². The van der Waals surface area contributed by atoms with Gasteiger partial charge in [-0.15, -0.1) is 10.1 Å². The van der Waals surface area contributed by atoms with Crippen molar-refractivity contribution in [3.8, 4) is 0 Å². The summed E-state index contributed by atoms with van der Waals surface area (Å²) in [6.07, 6.45) is 5.13. The van der Waals surface area contributed by atoms with Gasteiger partial charge in [-0.25, -0.2) is 4.98 Å². The molecule has 0 saturated heterocycles. The van der Waals surface area contributed by atoms with Crippen molar-refractivity contribution in [2.75, 3.05) is 0 Å². The van der Waals surface area contributed by atoms with Gasteiger partial charge in [-0.3, -0.25) is 4.84 Å². The second kappa shape index (κ2) is 7.23. The molecule has 0 aliphatic heterocycles. The summed E-state index contributed by atoms with van der Waals surface area (Å²) in [6.45, 7) is 0.405. The summed E-state index contributed by atoms with van der Waals surface area (Å²) in [4.78, 5) is 20.0. The van der Waals surface area contributed by atoms with Crippen LogP contribution in [0.4, 0.5) is 0 Å². The Balaban J connectivity index is 2.16. The maximum Gasteiger partial charge on any atom is 0.299 e. The van der Waals surface area contributed by atoms with E-state index in [2.05, 4.69) is 4.98 Å². The van der Waals surface area contributed by atoms with Crippen LogP contribution in [0.1, 0.15) is 11.1 Å². The Bertz CT molecular complexity index is 828. The molecule has 0 aliphatic rings. The maximum absolute atomic E-state index is 11.1. The van der Waals surface area contributed by atoms with Crippen molar-refractivity contribution in [1.82, 2.24) is 9.55 Å². The van der Waals surface area contributed by atoms with Crippen molar-refractivity contribution >= 4 is 11.3 Å². The molecule has 2 aromatic carbocycles. The molecular weight excluding hydrogens is 306 g/mol. The fourth-order valence-corrected chi connectivity index (χ4v) is 2.44. The van der Waals surface area contributed by atoms with Crippen molar-refractivity contribution < 1.29 is 9.92 Å². The average Bonchev–Trinajstić information content (AvgIpc) is 3.12. The Morgan fingerprint density at radius 1 is 1.04 bits per heavy atom. The monoisotopic (exact) mass is 321 g/mol. The molecule has 0 amide bonds. The number of rotatable bonds is 6. The van der Waals surface area contributed by atoms with Crippen LogP contribution >= 0.6 is 0 Å². The van der Waals surface area contributed by atoms with Crippen LogP contribution in [-0.4, -0.2) is 14.6 Å². The Morgan fingerprint density at radius 3 is 2.21 bits per heavy atom. The van der Waals surface area contributed by atoms with Crippen molar-refractivity contribution in [1.29, 1.82) is 0 Å². The smallest absolute Gasteiger partial charge is 0.299 e. The molecule has 6 heteroatoms. The molecule has 0 atom stereocenters. The number of benzene rings is 2. The van der Waals surface area contributed by atoms with Crippen molar-refractivity contribution in [3.63, 3.8) is 0 Å². The highest BCUT2D eigenvalue weighted by Gasteiger charge is 2.16. The lowest BCUT2D eigenvalue weighted by Gasteiger charge is -2.15. The van der Waals surface area contributed by atoms with Crippen LogP contribution in [0.2, 0.25) is 0 Å². The minimum atomic E-state index is -0.779. The molecule has 0 fully saturated rings. The molecule has 1 aromatic heterocycles. The predicted molar refractivity (Wildman–Crippen MR) is 90.0 cm³/mol. The fraction of sp³-hybridized carbons (Fsp3) is 0.0556. The van der Waals surface area contributed by atoms with E-state index < -0.39 is 5.09 Å². The van der Waals surface area contributed by atoms with Crippen LogP contribution < -0.4 is 0 Å². The molecule has 1 heterocycles. The van der Waals surface area contributed by atoms with Crippen molar-refractivity contribution in [3.05, 3.63) is 101 Å². The number of hydrogen-bond acceptors (Lipinski definition) is 4.